The number of nitrogens with zero attached hydrogens (tertiary/aromatic N) is 4. The largest absolute Gasteiger partial charge is 0.296 e. The van der Waals surface area contributed by atoms with Crippen LogP contribution in [0.3, 0.4) is 0 Å². The van der Waals surface area contributed by atoms with Crippen LogP contribution in [0.25, 0.3) is 10.2 Å². The first-order chi connectivity index (χ1) is 11.3. The van der Waals surface area contributed by atoms with Crippen molar-refractivity contribution in [1.82, 2.24) is 19.8 Å². The molecule has 120 valence electrons. The molecule has 3 aromatic heterocycles. The van der Waals surface area contributed by atoms with Crippen molar-refractivity contribution < 1.29 is 0 Å². The zero-order valence-electron chi connectivity index (χ0n) is 12.6. The number of fused-ring (bicyclic) bond motifs is 1. The number of piperazine rings is 1. The molecule has 4 heterocycles. The third kappa shape index (κ3) is 3.56. The summed E-state index contributed by atoms with van der Waals surface area (Å²) in [5, 5.41) is 4.84. The van der Waals surface area contributed by atoms with Crippen LogP contribution in [-0.4, -0.2) is 45.9 Å². The molecule has 0 amide bonds. The predicted molar refractivity (Wildman–Crippen MR) is 97.3 cm³/mol. The van der Waals surface area contributed by atoms with E-state index >= 15 is 0 Å². The molecule has 0 unspecified atom stereocenters. The summed E-state index contributed by atoms with van der Waals surface area (Å²) in [6, 6.07) is 4.21. The molecule has 4 nitrogen and oxygen atoms in total. The van der Waals surface area contributed by atoms with E-state index in [0.29, 0.717) is 5.15 Å². The van der Waals surface area contributed by atoms with Crippen molar-refractivity contribution in [2.24, 2.45) is 0 Å². The fourth-order valence-corrected chi connectivity index (χ4v) is 4.46. The first kappa shape index (κ1) is 15.5. The third-order valence-corrected chi connectivity index (χ3v) is 6.01. The van der Waals surface area contributed by atoms with Gasteiger partial charge >= 0.3 is 0 Å². The van der Waals surface area contributed by atoms with Crippen molar-refractivity contribution in [2.75, 3.05) is 26.2 Å². The highest BCUT2D eigenvalue weighted by Crippen LogP contribution is 2.26. The molecule has 1 fully saturated rings. The van der Waals surface area contributed by atoms with Crippen molar-refractivity contribution in [3.8, 4) is 0 Å². The maximum atomic E-state index is 6.35. The zero-order valence-corrected chi connectivity index (χ0v) is 15.0. The molecule has 1 saturated heterocycles. The van der Waals surface area contributed by atoms with Crippen molar-refractivity contribution >= 4 is 44.5 Å². The molecule has 0 radical (unpaired) electrons. The predicted octanol–water partition coefficient (Wildman–Crippen LogP) is 3.72. The van der Waals surface area contributed by atoms with Crippen molar-refractivity contribution in [3.63, 3.8) is 0 Å². The van der Waals surface area contributed by atoms with Crippen LogP contribution in [0.2, 0.25) is 5.15 Å². The summed E-state index contributed by atoms with van der Waals surface area (Å²) in [6.45, 7) is 6.10. The Morgan fingerprint density at radius 3 is 2.65 bits per heavy atom. The van der Waals surface area contributed by atoms with Gasteiger partial charge in [-0.1, -0.05) is 11.6 Å². The summed E-state index contributed by atoms with van der Waals surface area (Å²) in [5.74, 6) is 0. The standard InChI is InChI=1S/C16H17ClN4S2/c17-16-12(7-15-14(19-16)1-6-23-15)8-20-2-4-21(5-3-20)9-13-10-22-11-18-13/h1,6-7,10-11H,2-5,8-9H2. The van der Waals surface area contributed by atoms with Crippen LogP contribution in [0.1, 0.15) is 11.3 Å². The van der Waals surface area contributed by atoms with E-state index in [9.17, 15) is 0 Å². The van der Waals surface area contributed by atoms with Gasteiger partial charge in [-0.05, 0) is 17.5 Å². The lowest BCUT2D eigenvalue weighted by Crippen LogP contribution is -2.45. The average molecular weight is 365 g/mol. The Morgan fingerprint density at radius 2 is 1.91 bits per heavy atom. The lowest BCUT2D eigenvalue weighted by atomic mass is 10.2. The van der Waals surface area contributed by atoms with Gasteiger partial charge in [0.15, 0.2) is 0 Å². The second kappa shape index (κ2) is 6.83. The number of hydrogen-bond donors (Lipinski definition) is 0. The molecule has 1 aliphatic rings. The molecule has 1 aliphatic heterocycles. The molecule has 0 spiro atoms. The van der Waals surface area contributed by atoms with Crippen LogP contribution >= 0.6 is 34.3 Å². The second-order valence-corrected chi connectivity index (χ2v) is 7.80. The van der Waals surface area contributed by atoms with Crippen molar-refractivity contribution in [2.45, 2.75) is 13.1 Å². The number of aromatic nitrogens is 2. The van der Waals surface area contributed by atoms with Gasteiger partial charge in [0.1, 0.15) is 5.15 Å². The maximum Gasteiger partial charge on any atom is 0.134 e. The van der Waals surface area contributed by atoms with E-state index in [1.165, 1.54) is 10.4 Å². The first-order valence-corrected chi connectivity index (χ1v) is 9.82. The normalized spacial score (nSPS) is 17.1. The van der Waals surface area contributed by atoms with Crippen LogP contribution in [0.5, 0.6) is 0 Å². The monoisotopic (exact) mass is 364 g/mol. The zero-order chi connectivity index (χ0) is 15.6. The molecule has 0 N–H and O–H groups in total. The summed E-state index contributed by atoms with van der Waals surface area (Å²) in [7, 11) is 0. The fraction of sp³-hybridized carbons (Fsp3) is 0.375. The maximum absolute atomic E-state index is 6.35. The van der Waals surface area contributed by atoms with E-state index in [2.05, 4.69) is 36.6 Å². The molecular formula is C16H17ClN4S2. The van der Waals surface area contributed by atoms with E-state index in [4.69, 9.17) is 11.6 Å². The Morgan fingerprint density at radius 1 is 1.13 bits per heavy atom. The third-order valence-electron chi connectivity index (χ3n) is 4.19. The number of thiazole rings is 1. The van der Waals surface area contributed by atoms with Gasteiger partial charge < -0.3 is 0 Å². The number of thiophene rings is 1. The molecule has 0 saturated carbocycles. The Hall–Kier alpha value is -1.05. The molecule has 0 aromatic carbocycles. The lowest BCUT2D eigenvalue weighted by molar-refractivity contribution is 0.121. The minimum absolute atomic E-state index is 0.640. The minimum atomic E-state index is 0.640. The molecule has 7 heteroatoms. The van der Waals surface area contributed by atoms with Crippen LogP contribution in [0.4, 0.5) is 0 Å². The summed E-state index contributed by atoms with van der Waals surface area (Å²) < 4.78 is 1.21. The van der Waals surface area contributed by atoms with E-state index in [0.717, 1.165) is 50.3 Å². The van der Waals surface area contributed by atoms with Gasteiger partial charge in [-0.25, -0.2) is 9.97 Å². The Bertz CT molecular complexity index is 779. The summed E-state index contributed by atoms with van der Waals surface area (Å²) in [4.78, 5) is 13.8. The molecular weight excluding hydrogens is 348 g/mol. The first-order valence-electron chi connectivity index (χ1n) is 7.62. The highest BCUT2D eigenvalue weighted by atomic mass is 35.5. The van der Waals surface area contributed by atoms with Gasteiger partial charge in [-0.3, -0.25) is 9.80 Å². The van der Waals surface area contributed by atoms with Gasteiger partial charge in [-0.15, -0.1) is 22.7 Å². The molecule has 0 atom stereocenters. The summed E-state index contributed by atoms with van der Waals surface area (Å²) >= 11 is 9.74. The summed E-state index contributed by atoms with van der Waals surface area (Å²) in [5.41, 5.74) is 5.21. The molecule has 23 heavy (non-hydrogen) atoms. The smallest absolute Gasteiger partial charge is 0.134 e. The molecule has 4 rings (SSSR count). The fourth-order valence-electron chi connectivity index (χ4n) is 2.91. The topological polar surface area (TPSA) is 32.3 Å². The van der Waals surface area contributed by atoms with Gasteiger partial charge in [-0.2, -0.15) is 0 Å². The van der Waals surface area contributed by atoms with E-state index in [1.54, 1.807) is 22.7 Å². The Labute approximate surface area is 148 Å². The summed E-state index contributed by atoms with van der Waals surface area (Å²) in [6.07, 6.45) is 0. The van der Waals surface area contributed by atoms with E-state index in [-0.39, 0.29) is 0 Å². The van der Waals surface area contributed by atoms with Crippen molar-refractivity contribution in [1.29, 1.82) is 0 Å². The highest BCUT2D eigenvalue weighted by Gasteiger charge is 2.19. The van der Waals surface area contributed by atoms with Crippen LogP contribution in [-0.2, 0) is 13.1 Å². The molecule has 3 aromatic rings. The van der Waals surface area contributed by atoms with Crippen LogP contribution in [0, 0.1) is 0 Å². The number of pyridine rings is 1. The van der Waals surface area contributed by atoms with Gasteiger partial charge in [0, 0.05) is 50.2 Å². The number of rotatable bonds is 4. The second-order valence-electron chi connectivity index (χ2n) is 5.77. The van der Waals surface area contributed by atoms with Gasteiger partial charge in [0.05, 0.1) is 21.4 Å². The Balaban J connectivity index is 1.37. The van der Waals surface area contributed by atoms with E-state index in [1.807, 2.05) is 11.6 Å². The SMILES string of the molecule is Clc1nc2ccsc2cc1CN1CCN(Cc2cscn2)CC1. The van der Waals surface area contributed by atoms with Crippen molar-refractivity contribution in [3.05, 3.63) is 44.8 Å². The van der Waals surface area contributed by atoms with Gasteiger partial charge in [0.25, 0.3) is 0 Å². The number of halogens is 1. The van der Waals surface area contributed by atoms with Gasteiger partial charge in [0.2, 0.25) is 0 Å². The van der Waals surface area contributed by atoms with Crippen LogP contribution in [0.15, 0.2) is 28.4 Å². The Kier molecular flexibility index (Phi) is 4.59. The average Bonchev–Trinajstić information content (AvgIpc) is 3.21. The quantitative estimate of drug-likeness (QED) is 0.660. The van der Waals surface area contributed by atoms with Crippen LogP contribution < -0.4 is 0 Å². The highest BCUT2D eigenvalue weighted by molar-refractivity contribution is 7.17. The molecule has 0 aliphatic carbocycles. The minimum Gasteiger partial charge on any atom is -0.296 e. The lowest BCUT2D eigenvalue weighted by Gasteiger charge is -2.34. The molecule has 0 bridgehead atoms. The number of hydrogen-bond acceptors (Lipinski definition) is 6. The van der Waals surface area contributed by atoms with E-state index < -0.39 is 0 Å².